The molecule has 1 aliphatic carbocycles. The van der Waals surface area contributed by atoms with Crippen LogP contribution in [0, 0.1) is 0 Å². The Kier molecular flexibility index (Phi) is 5.87. The van der Waals surface area contributed by atoms with Crippen molar-refractivity contribution in [2.24, 2.45) is 0 Å². The van der Waals surface area contributed by atoms with Crippen LogP contribution < -0.4 is 5.32 Å². The summed E-state index contributed by atoms with van der Waals surface area (Å²) in [5.41, 5.74) is 4.43. The molecule has 0 saturated carbocycles. The Morgan fingerprint density at radius 3 is 3.00 bits per heavy atom. The molecule has 0 amide bonds. The van der Waals surface area contributed by atoms with Gasteiger partial charge in [0.2, 0.25) is 0 Å². The predicted octanol–water partition coefficient (Wildman–Crippen LogP) is 2.94. The van der Waals surface area contributed by atoms with Gasteiger partial charge in [-0.2, -0.15) is 0 Å². The molecule has 0 aromatic carbocycles. The van der Waals surface area contributed by atoms with Crippen LogP contribution in [0.25, 0.3) is 0 Å². The number of rotatable bonds is 5. The second-order valence-electron chi connectivity index (χ2n) is 3.82. The second-order valence-corrected chi connectivity index (χ2v) is 3.82. The molecule has 1 aliphatic rings. The zero-order valence-corrected chi connectivity index (χ0v) is 10.4. The van der Waals surface area contributed by atoms with E-state index in [0.717, 1.165) is 18.6 Å². The van der Waals surface area contributed by atoms with Crippen LogP contribution >= 0.6 is 0 Å². The van der Waals surface area contributed by atoms with E-state index in [1.54, 1.807) is 0 Å². The maximum absolute atomic E-state index is 5.46. The molecule has 0 heterocycles. The summed E-state index contributed by atoms with van der Waals surface area (Å²) in [5, 5.41) is 3.38. The fourth-order valence-electron chi connectivity index (χ4n) is 1.62. The molecule has 1 rings (SSSR count). The van der Waals surface area contributed by atoms with Gasteiger partial charge < -0.3 is 4.74 Å². The Bertz CT molecular complexity index is 322. The molecule has 16 heavy (non-hydrogen) atoms. The van der Waals surface area contributed by atoms with Gasteiger partial charge in [-0.3, -0.25) is 5.32 Å². The van der Waals surface area contributed by atoms with Crippen molar-refractivity contribution in [2.75, 3.05) is 6.61 Å². The summed E-state index contributed by atoms with van der Waals surface area (Å²) < 4.78 is 5.46. The Morgan fingerprint density at radius 2 is 2.25 bits per heavy atom. The first kappa shape index (κ1) is 13.0. The molecule has 2 nitrogen and oxygen atoms in total. The van der Waals surface area contributed by atoms with E-state index in [4.69, 9.17) is 4.74 Å². The topological polar surface area (TPSA) is 21.3 Å². The highest BCUT2D eigenvalue weighted by molar-refractivity contribution is 5.27. The van der Waals surface area contributed by atoms with Gasteiger partial charge in [-0.05, 0) is 33.3 Å². The standard InChI is InChI=1S/C14H21NO/c1-4-16-13(3)15-12(2)14-10-8-6-5-7-9-11-14/h5-6,8-9,11-13,15H,4,7H2,1-3H3/b6-5-,11-9-/t10?,12-,13?/m0/s1. The molecule has 2 atom stereocenters. The van der Waals surface area contributed by atoms with Gasteiger partial charge in [0.1, 0.15) is 6.23 Å². The lowest BCUT2D eigenvalue weighted by Gasteiger charge is -2.20. The van der Waals surface area contributed by atoms with Crippen LogP contribution in [0.15, 0.2) is 41.7 Å². The first-order chi connectivity index (χ1) is 7.74. The molecular formula is C14H21NO. The van der Waals surface area contributed by atoms with Crippen molar-refractivity contribution in [3.8, 4) is 0 Å². The van der Waals surface area contributed by atoms with Crippen LogP contribution in [0.5, 0.6) is 0 Å². The van der Waals surface area contributed by atoms with Crippen LogP contribution in [-0.4, -0.2) is 18.9 Å². The van der Waals surface area contributed by atoms with Gasteiger partial charge in [0.05, 0.1) is 0 Å². The summed E-state index contributed by atoms with van der Waals surface area (Å²) >= 11 is 0. The Balaban J connectivity index is 2.61. The van der Waals surface area contributed by atoms with Gasteiger partial charge in [0, 0.05) is 18.2 Å². The third kappa shape index (κ3) is 4.63. The van der Waals surface area contributed by atoms with Crippen LogP contribution in [0.3, 0.4) is 0 Å². The van der Waals surface area contributed by atoms with E-state index in [-0.39, 0.29) is 12.3 Å². The predicted molar refractivity (Wildman–Crippen MR) is 68.2 cm³/mol. The van der Waals surface area contributed by atoms with Gasteiger partial charge in [-0.15, -0.1) is 5.73 Å². The molecule has 2 heteroatoms. The van der Waals surface area contributed by atoms with Crippen molar-refractivity contribution < 1.29 is 4.74 Å². The summed E-state index contributed by atoms with van der Waals surface area (Å²) in [6.07, 6.45) is 11.4. The molecule has 0 bridgehead atoms. The smallest absolute Gasteiger partial charge is 0.105 e. The maximum Gasteiger partial charge on any atom is 0.105 e. The highest BCUT2D eigenvalue weighted by atomic mass is 16.5. The molecule has 0 aliphatic heterocycles. The van der Waals surface area contributed by atoms with E-state index in [2.05, 4.69) is 36.2 Å². The number of allylic oxidation sites excluding steroid dienone is 3. The fourth-order valence-corrected chi connectivity index (χ4v) is 1.62. The molecule has 0 spiro atoms. The average molecular weight is 219 g/mol. The van der Waals surface area contributed by atoms with Gasteiger partial charge in [-0.1, -0.05) is 24.3 Å². The molecule has 0 aromatic heterocycles. The van der Waals surface area contributed by atoms with Gasteiger partial charge in [-0.25, -0.2) is 0 Å². The molecule has 1 unspecified atom stereocenters. The molecule has 0 aromatic rings. The summed E-state index contributed by atoms with van der Waals surface area (Å²) in [6.45, 7) is 6.88. The SMILES string of the molecule is CCOC(C)N[C@@H](C)C1=C=C/C=C\C/C=C\1. The van der Waals surface area contributed by atoms with E-state index < -0.39 is 0 Å². The largest absolute Gasteiger partial charge is 0.364 e. The highest BCUT2D eigenvalue weighted by Crippen LogP contribution is 2.07. The normalized spacial score (nSPS) is 22.8. The van der Waals surface area contributed by atoms with Crippen molar-refractivity contribution in [2.45, 2.75) is 39.5 Å². The third-order valence-corrected chi connectivity index (χ3v) is 2.42. The summed E-state index contributed by atoms with van der Waals surface area (Å²) in [5.74, 6) is 0. The van der Waals surface area contributed by atoms with E-state index in [1.165, 1.54) is 0 Å². The minimum Gasteiger partial charge on any atom is -0.364 e. The molecule has 0 fully saturated rings. The number of nitrogens with one attached hydrogen (secondary N) is 1. The number of hydrogen-bond acceptors (Lipinski definition) is 2. The quantitative estimate of drug-likeness (QED) is 0.567. The zero-order valence-electron chi connectivity index (χ0n) is 10.4. The third-order valence-electron chi connectivity index (χ3n) is 2.42. The van der Waals surface area contributed by atoms with Crippen molar-refractivity contribution >= 4 is 0 Å². The number of hydrogen-bond donors (Lipinski definition) is 1. The first-order valence-corrected chi connectivity index (χ1v) is 5.90. The first-order valence-electron chi connectivity index (χ1n) is 5.90. The monoisotopic (exact) mass is 219 g/mol. The van der Waals surface area contributed by atoms with Crippen molar-refractivity contribution in [3.63, 3.8) is 0 Å². The van der Waals surface area contributed by atoms with Crippen molar-refractivity contribution in [1.82, 2.24) is 5.32 Å². The number of ether oxygens (including phenoxy) is 1. The Morgan fingerprint density at radius 1 is 1.44 bits per heavy atom. The molecule has 1 N–H and O–H groups in total. The van der Waals surface area contributed by atoms with Crippen LogP contribution in [0.2, 0.25) is 0 Å². The van der Waals surface area contributed by atoms with Gasteiger partial charge in [0.15, 0.2) is 0 Å². The average Bonchev–Trinajstić information content (AvgIpc) is 2.16. The lowest BCUT2D eigenvalue weighted by atomic mass is 10.1. The lowest BCUT2D eigenvalue weighted by molar-refractivity contribution is 0.0476. The molecule has 0 radical (unpaired) electrons. The molecule has 0 saturated heterocycles. The van der Waals surface area contributed by atoms with E-state index in [0.29, 0.717) is 0 Å². The Labute approximate surface area is 98.4 Å². The Hall–Kier alpha value is -1.08. The minimum absolute atomic E-state index is 0.0729. The van der Waals surface area contributed by atoms with Gasteiger partial charge >= 0.3 is 0 Å². The zero-order chi connectivity index (χ0) is 11.8. The second kappa shape index (κ2) is 7.24. The van der Waals surface area contributed by atoms with Crippen molar-refractivity contribution in [1.29, 1.82) is 0 Å². The van der Waals surface area contributed by atoms with Crippen LogP contribution in [-0.2, 0) is 4.74 Å². The van der Waals surface area contributed by atoms with E-state index in [9.17, 15) is 0 Å². The van der Waals surface area contributed by atoms with E-state index in [1.807, 2.05) is 26.0 Å². The summed E-state index contributed by atoms with van der Waals surface area (Å²) in [7, 11) is 0. The lowest BCUT2D eigenvalue weighted by Crippen LogP contribution is -2.37. The minimum atomic E-state index is 0.0729. The van der Waals surface area contributed by atoms with Crippen molar-refractivity contribution in [3.05, 3.63) is 41.7 Å². The van der Waals surface area contributed by atoms with E-state index >= 15 is 0 Å². The molecule has 88 valence electrons. The summed E-state index contributed by atoms with van der Waals surface area (Å²) in [4.78, 5) is 0. The maximum atomic E-state index is 5.46. The molecular weight excluding hydrogens is 198 g/mol. The van der Waals surface area contributed by atoms with Crippen LogP contribution in [0.1, 0.15) is 27.2 Å². The highest BCUT2D eigenvalue weighted by Gasteiger charge is 2.09. The van der Waals surface area contributed by atoms with Gasteiger partial charge in [0.25, 0.3) is 0 Å². The fraction of sp³-hybridized carbons (Fsp3) is 0.500. The van der Waals surface area contributed by atoms with Crippen LogP contribution in [0.4, 0.5) is 0 Å². The summed E-state index contributed by atoms with van der Waals surface area (Å²) in [6, 6.07) is 0.251.